The second-order valence-electron chi connectivity index (χ2n) is 3.64. The monoisotopic (exact) mass is 403 g/mol. The summed E-state index contributed by atoms with van der Waals surface area (Å²) in [6.07, 6.45) is 2.57. The highest BCUT2D eigenvalue weighted by molar-refractivity contribution is 14.0. The highest BCUT2D eigenvalue weighted by Crippen LogP contribution is 2.12. The minimum atomic E-state index is -2.60. The van der Waals surface area contributed by atoms with Crippen molar-refractivity contribution in [2.45, 2.75) is 20.0 Å². The number of hydrogen-bond acceptors (Lipinski definition) is 3. The van der Waals surface area contributed by atoms with Gasteiger partial charge in [0, 0.05) is 32.6 Å². The molecule has 6 nitrogen and oxygen atoms in total. The van der Waals surface area contributed by atoms with Gasteiger partial charge in [-0.15, -0.1) is 24.0 Å². The Kier molecular flexibility index (Phi) is 10.3. The predicted octanol–water partition coefficient (Wildman–Crippen LogP) is 1.60. The summed E-state index contributed by atoms with van der Waals surface area (Å²) in [5.41, 5.74) is 0. The number of imidazole rings is 1. The van der Waals surface area contributed by atoms with Gasteiger partial charge in [0.2, 0.25) is 0 Å². The van der Waals surface area contributed by atoms with E-state index in [1.54, 1.807) is 7.11 Å². The summed E-state index contributed by atoms with van der Waals surface area (Å²) in [7, 11) is 1.60. The van der Waals surface area contributed by atoms with Crippen LogP contribution in [0.15, 0.2) is 17.4 Å². The van der Waals surface area contributed by atoms with Crippen molar-refractivity contribution in [1.29, 1.82) is 0 Å². The summed E-state index contributed by atoms with van der Waals surface area (Å²) >= 11 is 0. The number of rotatable bonds is 7. The van der Waals surface area contributed by atoms with Gasteiger partial charge in [0.15, 0.2) is 5.96 Å². The molecule has 0 radical (unpaired) electrons. The molecule has 0 amide bonds. The summed E-state index contributed by atoms with van der Waals surface area (Å²) in [5.74, 6) is 0.766. The van der Waals surface area contributed by atoms with Gasteiger partial charge in [0.25, 0.3) is 0 Å². The lowest BCUT2D eigenvalue weighted by Gasteiger charge is -2.11. The van der Waals surface area contributed by atoms with E-state index in [1.165, 1.54) is 12.4 Å². The first-order chi connectivity index (χ1) is 9.19. The van der Waals surface area contributed by atoms with Crippen LogP contribution in [0.5, 0.6) is 0 Å². The molecule has 0 aromatic carbocycles. The van der Waals surface area contributed by atoms with Crippen LogP contribution in [0.4, 0.5) is 8.78 Å². The van der Waals surface area contributed by atoms with Crippen LogP contribution in [0.25, 0.3) is 0 Å². The minimum Gasteiger partial charge on any atom is -0.383 e. The molecule has 1 aromatic heterocycles. The number of guanidine groups is 1. The Balaban J connectivity index is 0.00000361. The number of nitrogens with zero attached hydrogens (tertiary/aromatic N) is 3. The molecule has 2 N–H and O–H groups in total. The molecular formula is C11H20F2IN5O. The van der Waals surface area contributed by atoms with Crippen molar-refractivity contribution in [2.75, 3.05) is 26.8 Å². The van der Waals surface area contributed by atoms with Crippen molar-refractivity contribution in [3.8, 4) is 0 Å². The first-order valence-corrected chi connectivity index (χ1v) is 6.00. The average Bonchev–Trinajstić information content (AvgIpc) is 2.84. The van der Waals surface area contributed by atoms with Crippen LogP contribution in [0, 0.1) is 0 Å². The molecule has 0 fully saturated rings. The molecule has 0 spiro atoms. The molecule has 9 heteroatoms. The van der Waals surface area contributed by atoms with Crippen LogP contribution in [0.1, 0.15) is 19.3 Å². The van der Waals surface area contributed by atoms with E-state index in [0.29, 0.717) is 25.7 Å². The maximum atomic E-state index is 12.6. The van der Waals surface area contributed by atoms with Crippen molar-refractivity contribution < 1.29 is 13.5 Å². The summed E-state index contributed by atoms with van der Waals surface area (Å²) < 4.78 is 30.9. The highest BCUT2D eigenvalue weighted by atomic mass is 127. The molecule has 1 heterocycles. The number of hydrogen-bond donors (Lipinski definition) is 2. The van der Waals surface area contributed by atoms with Gasteiger partial charge in [-0.25, -0.2) is 9.98 Å². The van der Waals surface area contributed by atoms with Gasteiger partial charge < -0.3 is 15.4 Å². The first kappa shape index (κ1) is 19.0. The smallest absolute Gasteiger partial charge is 0.319 e. The summed E-state index contributed by atoms with van der Waals surface area (Å²) in [5, 5.41) is 6.03. The first-order valence-electron chi connectivity index (χ1n) is 6.00. The van der Waals surface area contributed by atoms with Crippen LogP contribution in [0.3, 0.4) is 0 Å². The Hall–Kier alpha value is -0.970. The quantitative estimate of drug-likeness (QED) is 0.314. The van der Waals surface area contributed by atoms with E-state index in [0.717, 1.165) is 4.57 Å². The molecule has 1 aromatic rings. The molecule has 0 atom stereocenters. The van der Waals surface area contributed by atoms with E-state index >= 15 is 0 Å². The standard InChI is InChI=1S/C11H19F2N5O.HI/c1-3-14-11(16-5-7-19-2)17-8-9-15-4-6-18(9)10(12)13;/h4,6,10H,3,5,7-8H2,1-2H3,(H2,14,16,17);1H. The van der Waals surface area contributed by atoms with Crippen LogP contribution < -0.4 is 10.6 Å². The van der Waals surface area contributed by atoms with Crippen molar-refractivity contribution in [1.82, 2.24) is 20.2 Å². The Morgan fingerprint density at radius 1 is 1.50 bits per heavy atom. The van der Waals surface area contributed by atoms with E-state index in [-0.39, 0.29) is 36.3 Å². The van der Waals surface area contributed by atoms with E-state index in [2.05, 4.69) is 20.6 Å². The summed E-state index contributed by atoms with van der Waals surface area (Å²) in [4.78, 5) is 8.05. The summed E-state index contributed by atoms with van der Waals surface area (Å²) in [6.45, 7) is 1.22. The molecule has 0 aliphatic rings. The van der Waals surface area contributed by atoms with E-state index < -0.39 is 6.55 Å². The SMILES string of the molecule is CCNC(=NCc1nccn1C(F)F)NCCOC.I. The third kappa shape index (κ3) is 6.46. The molecule has 20 heavy (non-hydrogen) atoms. The van der Waals surface area contributed by atoms with E-state index in [1.807, 2.05) is 6.92 Å². The van der Waals surface area contributed by atoms with Gasteiger partial charge in [-0.2, -0.15) is 8.78 Å². The van der Waals surface area contributed by atoms with Crippen molar-refractivity contribution in [3.05, 3.63) is 18.2 Å². The van der Waals surface area contributed by atoms with Gasteiger partial charge >= 0.3 is 6.55 Å². The van der Waals surface area contributed by atoms with Crippen molar-refractivity contribution in [2.24, 2.45) is 4.99 Å². The Bertz CT molecular complexity index is 400. The highest BCUT2D eigenvalue weighted by Gasteiger charge is 2.10. The Labute approximate surface area is 134 Å². The normalized spacial score (nSPS) is 11.3. The maximum Gasteiger partial charge on any atom is 0.319 e. The fraction of sp³-hybridized carbons (Fsp3) is 0.636. The number of halogens is 3. The zero-order valence-corrected chi connectivity index (χ0v) is 13.8. The van der Waals surface area contributed by atoms with Gasteiger partial charge in [-0.3, -0.25) is 4.57 Å². The van der Waals surface area contributed by atoms with Gasteiger partial charge in [0.1, 0.15) is 12.4 Å². The van der Waals surface area contributed by atoms with Gasteiger partial charge in [0.05, 0.1) is 6.61 Å². The van der Waals surface area contributed by atoms with Crippen molar-refractivity contribution in [3.63, 3.8) is 0 Å². The minimum absolute atomic E-state index is 0. The molecule has 116 valence electrons. The summed E-state index contributed by atoms with van der Waals surface area (Å²) in [6, 6.07) is 0. The Morgan fingerprint density at radius 2 is 2.25 bits per heavy atom. The molecule has 0 aliphatic carbocycles. The maximum absolute atomic E-state index is 12.6. The lowest BCUT2D eigenvalue weighted by atomic mass is 10.6. The van der Waals surface area contributed by atoms with Crippen LogP contribution >= 0.6 is 24.0 Å². The van der Waals surface area contributed by atoms with Crippen LogP contribution in [-0.4, -0.2) is 42.3 Å². The van der Waals surface area contributed by atoms with E-state index in [9.17, 15) is 8.78 Å². The third-order valence-electron chi connectivity index (χ3n) is 2.28. The number of aromatic nitrogens is 2. The lowest BCUT2D eigenvalue weighted by molar-refractivity contribution is 0.0671. The fourth-order valence-electron chi connectivity index (χ4n) is 1.41. The van der Waals surface area contributed by atoms with E-state index in [4.69, 9.17) is 4.74 Å². The molecule has 1 rings (SSSR count). The zero-order valence-electron chi connectivity index (χ0n) is 11.5. The van der Waals surface area contributed by atoms with Crippen LogP contribution in [-0.2, 0) is 11.3 Å². The van der Waals surface area contributed by atoms with Crippen LogP contribution in [0.2, 0.25) is 0 Å². The largest absolute Gasteiger partial charge is 0.383 e. The number of methoxy groups -OCH3 is 1. The average molecular weight is 403 g/mol. The molecule has 0 saturated heterocycles. The molecule has 0 bridgehead atoms. The second-order valence-corrected chi connectivity index (χ2v) is 3.64. The topological polar surface area (TPSA) is 63.5 Å². The van der Waals surface area contributed by atoms with Gasteiger partial charge in [-0.05, 0) is 6.92 Å². The fourth-order valence-corrected chi connectivity index (χ4v) is 1.41. The number of nitrogens with one attached hydrogen (secondary N) is 2. The molecule has 0 saturated carbocycles. The van der Waals surface area contributed by atoms with Gasteiger partial charge in [-0.1, -0.05) is 0 Å². The third-order valence-corrected chi connectivity index (χ3v) is 2.28. The second kappa shape index (κ2) is 10.8. The number of ether oxygens (including phenoxy) is 1. The van der Waals surface area contributed by atoms with Crippen molar-refractivity contribution >= 4 is 29.9 Å². The molecular weight excluding hydrogens is 383 g/mol. The Morgan fingerprint density at radius 3 is 2.85 bits per heavy atom. The number of alkyl halides is 2. The predicted molar refractivity (Wildman–Crippen MR) is 83.6 cm³/mol. The zero-order chi connectivity index (χ0) is 14.1. The number of aliphatic imine (C=N–C) groups is 1. The lowest BCUT2D eigenvalue weighted by Crippen LogP contribution is -2.38. The molecule has 0 unspecified atom stereocenters. The molecule has 0 aliphatic heterocycles.